The van der Waals surface area contributed by atoms with Gasteiger partial charge in [0.15, 0.2) is 0 Å². The van der Waals surface area contributed by atoms with E-state index >= 15 is 0 Å². The lowest BCUT2D eigenvalue weighted by molar-refractivity contribution is -0.158. The van der Waals surface area contributed by atoms with Gasteiger partial charge in [-0.1, -0.05) is 6.07 Å². The number of anilines is 2. The van der Waals surface area contributed by atoms with E-state index < -0.39 is 30.3 Å². The maximum absolute atomic E-state index is 13.3. The van der Waals surface area contributed by atoms with Gasteiger partial charge >= 0.3 is 6.11 Å². The van der Waals surface area contributed by atoms with Crippen molar-refractivity contribution < 1.29 is 28.8 Å². The number of pyridine rings is 1. The zero-order chi connectivity index (χ0) is 30.3. The fraction of sp³-hybridized carbons (Fsp3) is 0.448. The Morgan fingerprint density at radius 1 is 1.10 bits per heavy atom. The van der Waals surface area contributed by atoms with Gasteiger partial charge in [-0.3, -0.25) is 4.98 Å². The zero-order valence-electron chi connectivity index (χ0n) is 23.9. The fourth-order valence-corrected chi connectivity index (χ4v) is 6.50. The normalized spacial score (nSPS) is 21.5. The number of hydrogen-bond donors (Lipinski definition) is 5. The third kappa shape index (κ3) is 6.14. The highest BCUT2D eigenvalue weighted by atomic mass is 32.1. The highest BCUT2D eigenvalue weighted by Crippen LogP contribution is 2.39. The molecule has 0 bridgehead atoms. The van der Waals surface area contributed by atoms with E-state index in [4.69, 9.17) is 19.7 Å². The van der Waals surface area contributed by atoms with Gasteiger partial charge in [0.05, 0.1) is 39.8 Å². The second-order valence-electron chi connectivity index (χ2n) is 10.8. The summed E-state index contributed by atoms with van der Waals surface area (Å²) < 4.78 is 32.3. The van der Waals surface area contributed by atoms with Gasteiger partial charge in [-0.25, -0.2) is 9.97 Å². The van der Waals surface area contributed by atoms with Crippen LogP contribution in [0, 0.1) is 26.7 Å². The van der Waals surface area contributed by atoms with Crippen LogP contribution >= 0.6 is 11.3 Å². The first-order valence-electron chi connectivity index (χ1n) is 13.6. The summed E-state index contributed by atoms with van der Waals surface area (Å²) in [4.78, 5) is 18.7. The van der Waals surface area contributed by atoms with Gasteiger partial charge in [-0.15, -0.1) is 11.3 Å². The molecule has 0 saturated heterocycles. The van der Waals surface area contributed by atoms with Crippen LogP contribution in [0.4, 0.5) is 20.5 Å². The second kappa shape index (κ2) is 11.6. The average molecular weight is 601 g/mol. The summed E-state index contributed by atoms with van der Waals surface area (Å²) in [6, 6.07) is 5.80. The molecule has 1 fully saturated rings. The van der Waals surface area contributed by atoms with E-state index in [9.17, 15) is 24.1 Å². The Kier molecular flexibility index (Phi) is 8.30. The Bertz CT molecular complexity index is 1600. The van der Waals surface area contributed by atoms with Gasteiger partial charge in [0.2, 0.25) is 5.95 Å². The van der Waals surface area contributed by atoms with Crippen LogP contribution in [0.15, 0.2) is 30.5 Å². The van der Waals surface area contributed by atoms with Gasteiger partial charge in [0.25, 0.3) is 0 Å². The number of fused-ring (bicyclic) bond motifs is 1. The highest BCUT2D eigenvalue weighted by Gasteiger charge is 2.41. The molecule has 0 amide bonds. The van der Waals surface area contributed by atoms with Crippen LogP contribution in [-0.4, -0.2) is 66.2 Å². The zero-order valence-corrected chi connectivity index (χ0v) is 24.7. The summed E-state index contributed by atoms with van der Waals surface area (Å²) in [5.74, 6) is 0.318. The molecule has 1 aliphatic carbocycles. The third-order valence-electron chi connectivity index (χ3n) is 7.50. The predicted molar refractivity (Wildman–Crippen MR) is 157 cm³/mol. The molecule has 0 radical (unpaired) electrons. The smallest absolute Gasteiger partial charge is 0.394 e. The Morgan fingerprint density at radius 3 is 2.50 bits per heavy atom. The molecule has 4 aromatic rings. The number of rotatable bonds is 9. The van der Waals surface area contributed by atoms with Gasteiger partial charge in [0.1, 0.15) is 28.2 Å². The van der Waals surface area contributed by atoms with Crippen LogP contribution in [0.1, 0.15) is 48.8 Å². The number of hydrogen-bond acceptors (Lipinski definition) is 11. The van der Waals surface area contributed by atoms with Gasteiger partial charge in [-0.05, 0) is 63.4 Å². The number of aromatic nitrogens is 4. The van der Waals surface area contributed by atoms with Gasteiger partial charge in [0, 0.05) is 25.6 Å². The van der Waals surface area contributed by atoms with E-state index in [1.807, 2.05) is 33.8 Å². The molecule has 3 heterocycles. The van der Waals surface area contributed by atoms with E-state index in [1.54, 1.807) is 18.3 Å². The lowest BCUT2D eigenvalue weighted by atomic mass is 10.0. The number of thiazole rings is 1. The van der Waals surface area contributed by atoms with Crippen molar-refractivity contribution in [3.8, 4) is 16.3 Å². The molecule has 1 aliphatic rings. The minimum absolute atomic E-state index is 0.0682. The first-order chi connectivity index (χ1) is 19.8. The summed E-state index contributed by atoms with van der Waals surface area (Å²) in [6.07, 6.45) is -3.40. The standard InChI is InChI=1S/C29H34F2N6O4S/c1-13-10-18(41-29(5,30)31)6-7-19(13)14(2)33-28-34-15(3)22(27-36-23-16(4)32-9-8-21(23)42-27)26(37-28)35-20-11-17(12-38)24(39)25(20)40/h6-10,14,17,20,24-25,38-40H,11-12H2,1-5H3,(H2,33,34,35,37)/t14-,17+,20+,24+,25-/m0/s1. The summed E-state index contributed by atoms with van der Waals surface area (Å²) >= 11 is 1.47. The molecule has 3 aromatic heterocycles. The topological polar surface area (TPSA) is 146 Å². The quantitative estimate of drug-likeness (QED) is 0.182. The molecule has 1 saturated carbocycles. The van der Waals surface area contributed by atoms with Crippen molar-refractivity contribution in [2.45, 2.75) is 71.4 Å². The van der Waals surface area contributed by atoms with E-state index in [1.165, 1.54) is 17.4 Å². The van der Waals surface area contributed by atoms with E-state index in [-0.39, 0.29) is 18.4 Å². The fourth-order valence-electron chi connectivity index (χ4n) is 5.39. The van der Waals surface area contributed by atoms with Crippen molar-refractivity contribution in [1.82, 2.24) is 19.9 Å². The maximum atomic E-state index is 13.3. The van der Waals surface area contributed by atoms with E-state index in [0.29, 0.717) is 41.4 Å². The second-order valence-corrected chi connectivity index (χ2v) is 11.9. The molecular formula is C29H34F2N6O4S. The van der Waals surface area contributed by atoms with Crippen molar-refractivity contribution in [3.63, 3.8) is 0 Å². The summed E-state index contributed by atoms with van der Waals surface area (Å²) in [5, 5.41) is 38.1. The lowest BCUT2D eigenvalue weighted by Gasteiger charge is -2.23. The minimum atomic E-state index is -3.28. The summed E-state index contributed by atoms with van der Waals surface area (Å²) in [7, 11) is 0. The Balaban J connectivity index is 1.50. The highest BCUT2D eigenvalue weighted by molar-refractivity contribution is 7.21. The number of aliphatic hydroxyl groups excluding tert-OH is 3. The van der Waals surface area contributed by atoms with Crippen molar-refractivity contribution in [2.24, 2.45) is 5.92 Å². The molecule has 5 atom stereocenters. The van der Waals surface area contributed by atoms with Crippen LogP contribution in [0.3, 0.4) is 0 Å². The molecule has 10 nitrogen and oxygen atoms in total. The number of nitrogens with one attached hydrogen (secondary N) is 2. The van der Waals surface area contributed by atoms with E-state index in [0.717, 1.165) is 27.0 Å². The first-order valence-corrected chi connectivity index (χ1v) is 14.4. The van der Waals surface area contributed by atoms with Crippen LogP contribution in [0.5, 0.6) is 5.75 Å². The maximum Gasteiger partial charge on any atom is 0.394 e. The molecule has 1 aromatic carbocycles. The van der Waals surface area contributed by atoms with Crippen LogP contribution < -0.4 is 15.4 Å². The number of halogens is 2. The molecule has 13 heteroatoms. The van der Waals surface area contributed by atoms with Gasteiger partial charge < -0.3 is 30.7 Å². The predicted octanol–water partition coefficient (Wildman–Crippen LogP) is 4.75. The molecule has 0 unspecified atom stereocenters. The number of ether oxygens (including phenoxy) is 1. The molecule has 0 aliphatic heterocycles. The SMILES string of the molecule is Cc1cc(OC(C)(F)F)ccc1[C@H](C)Nc1nc(C)c(-c2nc3c(C)nccc3s2)c(N[C@@H]2C[C@H](CO)[C@@H](O)[C@H]2O)n1. The Morgan fingerprint density at radius 2 is 1.86 bits per heavy atom. The Hall–Kier alpha value is -3.52. The average Bonchev–Trinajstić information content (AvgIpc) is 3.45. The number of benzene rings is 1. The molecular weight excluding hydrogens is 566 g/mol. The number of aliphatic hydroxyl groups is 3. The number of aryl methyl sites for hydroxylation is 3. The largest absolute Gasteiger partial charge is 0.433 e. The summed E-state index contributed by atoms with van der Waals surface area (Å²) in [6.45, 7) is 7.89. The Labute approximate surface area is 245 Å². The third-order valence-corrected chi connectivity index (χ3v) is 8.54. The monoisotopic (exact) mass is 600 g/mol. The van der Waals surface area contributed by atoms with Crippen molar-refractivity contribution >= 4 is 33.3 Å². The lowest BCUT2D eigenvalue weighted by Crippen LogP contribution is -2.35. The van der Waals surface area contributed by atoms with Crippen molar-refractivity contribution in [3.05, 3.63) is 53.0 Å². The number of alkyl halides is 2. The van der Waals surface area contributed by atoms with E-state index in [2.05, 4.69) is 15.6 Å². The van der Waals surface area contributed by atoms with Crippen molar-refractivity contribution in [2.75, 3.05) is 17.2 Å². The van der Waals surface area contributed by atoms with Crippen LogP contribution in [0.2, 0.25) is 0 Å². The molecule has 0 spiro atoms. The number of nitrogens with zero attached hydrogens (tertiary/aromatic N) is 4. The van der Waals surface area contributed by atoms with Crippen LogP contribution in [0.25, 0.3) is 20.8 Å². The molecule has 224 valence electrons. The van der Waals surface area contributed by atoms with Gasteiger partial charge in [-0.2, -0.15) is 13.8 Å². The first kappa shape index (κ1) is 30.0. The molecule has 5 rings (SSSR count). The molecule has 42 heavy (non-hydrogen) atoms. The minimum Gasteiger partial charge on any atom is -0.433 e. The van der Waals surface area contributed by atoms with Crippen molar-refractivity contribution in [1.29, 1.82) is 0 Å². The molecule has 5 N–H and O–H groups in total. The van der Waals surface area contributed by atoms with Crippen LogP contribution in [-0.2, 0) is 0 Å². The summed E-state index contributed by atoms with van der Waals surface area (Å²) in [5.41, 5.74) is 4.45.